The van der Waals surface area contributed by atoms with E-state index in [1.54, 1.807) is 4.90 Å². The maximum absolute atomic E-state index is 12.8. The Morgan fingerprint density at radius 2 is 2.20 bits per heavy atom. The number of benzene rings is 1. The van der Waals surface area contributed by atoms with Gasteiger partial charge in [-0.25, -0.2) is 0 Å². The van der Waals surface area contributed by atoms with Crippen LogP contribution in [0.4, 0.5) is 0 Å². The van der Waals surface area contributed by atoms with E-state index in [9.17, 15) is 9.59 Å². The number of nitrogens with zero attached hydrogens (tertiary/aromatic N) is 1. The third-order valence-electron chi connectivity index (χ3n) is 6.20. The van der Waals surface area contributed by atoms with Gasteiger partial charge in [-0.15, -0.1) is 0 Å². The van der Waals surface area contributed by atoms with Gasteiger partial charge in [-0.3, -0.25) is 9.59 Å². The molecule has 1 aliphatic carbocycles. The van der Waals surface area contributed by atoms with Crippen LogP contribution in [0.1, 0.15) is 48.0 Å². The summed E-state index contributed by atoms with van der Waals surface area (Å²) in [4.78, 5) is 27.1. The van der Waals surface area contributed by atoms with E-state index in [1.807, 2.05) is 12.1 Å². The van der Waals surface area contributed by atoms with Gasteiger partial charge >= 0.3 is 0 Å². The first-order valence-electron chi connectivity index (χ1n) is 9.08. The van der Waals surface area contributed by atoms with Crippen molar-refractivity contribution in [1.82, 2.24) is 10.2 Å². The fourth-order valence-electron chi connectivity index (χ4n) is 4.76. The molecule has 4 aliphatic rings. The summed E-state index contributed by atoms with van der Waals surface area (Å²) in [7, 11) is 0. The molecule has 3 aliphatic heterocycles. The number of carbonyl (C=O) groups excluding carboxylic acids is 2. The first-order chi connectivity index (χ1) is 12.0. The fraction of sp³-hybridized carbons (Fsp3) is 0.579. The smallest absolute Gasteiger partial charge is 0.254 e. The lowest BCUT2D eigenvalue weighted by Crippen LogP contribution is -2.50. The summed E-state index contributed by atoms with van der Waals surface area (Å²) in [5, 5.41) is 3.09. The predicted molar refractivity (Wildman–Crippen MR) is 95.4 cm³/mol. The number of rotatable bonds is 3. The van der Waals surface area contributed by atoms with Crippen LogP contribution in [0.2, 0.25) is 0 Å². The van der Waals surface area contributed by atoms with Crippen LogP contribution in [0.15, 0.2) is 22.7 Å². The number of nitrogens with one attached hydrogen (secondary N) is 1. The van der Waals surface area contributed by atoms with E-state index in [4.69, 9.17) is 4.74 Å². The average Bonchev–Trinajstić information content (AvgIpc) is 3.04. The van der Waals surface area contributed by atoms with Crippen molar-refractivity contribution in [2.45, 2.75) is 55.8 Å². The zero-order valence-corrected chi connectivity index (χ0v) is 15.5. The predicted octanol–water partition coefficient (Wildman–Crippen LogP) is 2.37. The molecule has 2 saturated heterocycles. The second-order valence-corrected chi connectivity index (χ2v) is 8.83. The highest BCUT2D eigenvalue weighted by Crippen LogP contribution is 2.52. The molecule has 2 bridgehead atoms. The van der Waals surface area contributed by atoms with Crippen LogP contribution in [0.25, 0.3) is 0 Å². The molecule has 0 aromatic heterocycles. The van der Waals surface area contributed by atoms with Crippen LogP contribution >= 0.6 is 15.9 Å². The van der Waals surface area contributed by atoms with Gasteiger partial charge in [-0.1, -0.05) is 15.9 Å². The maximum Gasteiger partial charge on any atom is 0.254 e. The number of ether oxygens (including phenoxy) is 1. The molecule has 5 nitrogen and oxygen atoms in total. The first kappa shape index (κ1) is 15.8. The SMILES string of the molecule is O=C(CN1CC2(CC2)c2cc(Br)ccc2C1=O)N[C@H]1C[C@H]2CC[C@@H]1O2. The Bertz CT molecular complexity index is 761. The molecule has 3 atom stereocenters. The van der Waals surface area contributed by atoms with Crippen molar-refractivity contribution >= 4 is 27.7 Å². The van der Waals surface area contributed by atoms with Crippen LogP contribution in [0.3, 0.4) is 0 Å². The highest BCUT2D eigenvalue weighted by atomic mass is 79.9. The second kappa shape index (κ2) is 5.55. The molecule has 25 heavy (non-hydrogen) atoms. The molecule has 0 radical (unpaired) electrons. The summed E-state index contributed by atoms with van der Waals surface area (Å²) in [6, 6.07) is 5.98. The molecule has 1 aromatic carbocycles. The Labute approximate surface area is 155 Å². The summed E-state index contributed by atoms with van der Waals surface area (Å²) in [5.41, 5.74) is 1.95. The van der Waals surface area contributed by atoms with Crippen molar-refractivity contribution in [2.24, 2.45) is 0 Å². The Kier molecular flexibility index (Phi) is 3.51. The number of hydrogen-bond donors (Lipinski definition) is 1. The molecular formula is C19H21BrN2O3. The number of halogens is 1. The van der Waals surface area contributed by atoms with Crippen molar-refractivity contribution in [2.75, 3.05) is 13.1 Å². The van der Waals surface area contributed by atoms with Gasteiger partial charge < -0.3 is 15.0 Å². The molecule has 3 heterocycles. The largest absolute Gasteiger partial charge is 0.373 e. The Morgan fingerprint density at radius 1 is 1.36 bits per heavy atom. The van der Waals surface area contributed by atoms with Gasteiger partial charge in [0.1, 0.15) is 0 Å². The molecule has 3 fully saturated rings. The van der Waals surface area contributed by atoms with E-state index in [0.29, 0.717) is 12.6 Å². The molecule has 0 unspecified atom stereocenters. The summed E-state index contributed by atoms with van der Waals surface area (Å²) >= 11 is 3.51. The monoisotopic (exact) mass is 404 g/mol. The maximum atomic E-state index is 12.8. The second-order valence-electron chi connectivity index (χ2n) is 7.92. The first-order valence-corrected chi connectivity index (χ1v) is 9.87. The summed E-state index contributed by atoms with van der Waals surface area (Å²) in [6.07, 6.45) is 5.70. The van der Waals surface area contributed by atoms with E-state index in [2.05, 4.69) is 27.3 Å². The molecule has 1 aromatic rings. The lowest BCUT2D eigenvalue weighted by atomic mass is 9.86. The van der Waals surface area contributed by atoms with Gasteiger partial charge in [-0.2, -0.15) is 0 Å². The van der Waals surface area contributed by atoms with Crippen molar-refractivity contribution in [3.05, 3.63) is 33.8 Å². The number of fused-ring (bicyclic) bond motifs is 4. The zero-order chi connectivity index (χ0) is 17.2. The fourth-order valence-corrected chi connectivity index (χ4v) is 5.12. The van der Waals surface area contributed by atoms with Crippen molar-refractivity contribution < 1.29 is 14.3 Å². The highest BCUT2D eigenvalue weighted by molar-refractivity contribution is 9.10. The normalized spacial score (nSPS) is 31.3. The summed E-state index contributed by atoms with van der Waals surface area (Å²) in [5.74, 6) is -0.0924. The van der Waals surface area contributed by atoms with Gasteiger partial charge in [0.05, 0.1) is 24.8 Å². The topological polar surface area (TPSA) is 58.6 Å². The third kappa shape index (κ3) is 2.61. The van der Waals surface area contributed by atoms with E-state index >= 15 is 0 Å². The van der Waals surface area contributed by atoms with E-state index in [0.717, 1.165) is 47.7 Å². The Hall–Kier alpha value is -1.40. The average molecular weight is 405 g/mol. The molecule has 6 heteroatoms. The van der Waals surface area contributed by atoms with Crippen LogP contribution in [0, 0.1) is 0 Å². The molecule has 1 spiro atoms. The minimum Gasteiger partial charge on any atom is -0.373 e. The Balaban J connectivity index is 1.31. The minimum atomic E-state index is -0.0640. The van der Waals surface area contributed by atoms with Gasteiger partial charge in [0, 0.05) is 22.0 Å². The van der Waals surface area contributed by atoms with E-state index < -0.39 is 0 Å². The number of hydrogen-bond acceptors (Lipinski definition) is 3. The molecular weight excluding hydrogens is 384 g/mol. The van der Waals surface area contributed by atoms with E-state index in [1.165, 1.54) is 0 Å². The van der Waals surface area contributed by atoms with Crippen molar-refractivity contribution in [3.8, 4) is 0 Å². The lowest BCUT2D eigenvalue weighted by Gasteiger charge is -2.35. The third-order valence-corrected chi connectivity index (χ3v) is 6.70. The van der Waals surface area contributed by atoms with Crippen LogP contribution in [0.5, 0.6) is 0 Å². The Morgan fingerprint density at radius 3 is 2.88 bits per heavy atom. The molecule has 132 valence electrons. The molecule has 1 saturated carbocycles. The van der Waals surface area contributed by atoms with Crippen molar-refractivity contribution in [1.29, 1.82) is 0 Å². The van der Waals surface area contributed by atoms with Gasteiger partial charge in [0.15, 0.2) is 0 Å². The van der Waals surface area contributed by atoms with Crippen LogP contribution in [-0.2, 0) is 14.9 Å². The number of carbonyl (C=O) groups is 2. The van der Waals surface area contributed by atoms with Gasteiger partial charge in [-0.05, 0) is 55.9 Å². The quantitative estimate of drug-likeness (QED) is 0.840. The zero-order valence-electron chi connectivity index (χ0n) is 14.0. The minimum absolute atomic E-state index is 0.0284. The van der Waals surface area contributed by atoms with Crippen LogP contribution < -0.4 is 5.32 Å². The molecule has 1 N–H and O–H groups in total. The van der Waals surface area contributed by atoms with Crippen molar-refractivity contribution in [3.63, 3.8) is 0 Å². The lowest BCUT2D eigenvalue weighted by molar-refractivity contribution is -0.123. The molecule has 5 rings (SSSR count). The molecule has 2 amide bonds. The summed E-state index contributed by atoms with van der Waals surface area (Å²) in [6.45, 7) is 0.792. The van der Waals surface area contributed by atoms with Gasteiger partial charge in [0.2, 0.25) is 5.91 Å². The van der Waals surface area contributed by atoms with Gasteiger partial charge in [0.25, 0.3) is 5.91 Å². The van der Waals surface area contributed by atoms with Crippen LogP contribution in [-0.4, -0.2) is 48.1 Å². The van der Waals surface area contributed by atoms with E-state index in [-0.39, 0.29) is 35.9 Å². The summed E-state index contributed by atoms with van der Waals surface area (Å²) < 4.78 is 6.81. The standard InChI is InChI=1S/C19H21BrN2O3/c20-11-1-3-13-14(7-11)19(5-6-19)10-22(18(13)24)9-17(23)21-15-8-12-2-4-16(15)25-12/h1,3,7,12,15-16H,2,4-6,8-10H2,(H,21,23)/t12-,15+,16+/m1/s1. The number of amides is 2. The highest BCUT2D eigenvalue weighted by Gasteiger charge is 2.51.